The van der Waals surface area contributed by atoms with Crippen molar-refractivity contribution in [2.45, 2.75) is 299 Å². The van der Waals surface area contributed by atoms with Crippen LogP contribution < -0.4 is 58.5 Å². The number of rotatable bonds is 66. The fourth-order valence-electron chi connectivity index (χ4n) is 12.8. The summed E-state index contributed by atoms with van der Waals surface area (Å²) in [6.07, 6.45) is -2.47. The number of unbranched alkanes of at least 4 members (excludes halogenated alkanes) is 11. The SMILES string of the molecule is CCCCNC(=O)CCCCCCCCCCC(=O)NC(COCCC(=O)NCCCNC(=O)CCCCOC1OC(CO)C(O)C(O)C1NC(C)=O)(COCCC(=O)NCCCNC(=O)CCCCOC1OC(CO)C(O)C(O)C1NC(C)=O)COCCC(=O)NCCCNC(=O)CCCCOC1OC(CO)C(O)C(O)C1NC(C)=O. The van der Waals surface area contributed by atoms with Crippen molar-refractivity contribution in [2.75, 3.05) is 125 Å². The second-order valence-electron chi connectivity index (χ2n) is 29.7. The van der Waals surface area contributed by atoms with Crippen molar-refractivity contribution < 1.29 is 141 Å². The number of hydrogen-bond donors (Lipinski definition) is 20. The number of aliphatic hydroxyl groups is 9. The summed E-state index contributed by atoms with van der Waals surface area (Å²) in [4.78, 5) is 139. The molecule has 117 heavy (non-hydrogen) atoms. The zero-order chi connectivity index (χ0) is 86.2. The Kier molecular flexibility index (Phi) is 55.9. The molecule has 0 aliphatic carbocycles. The van der Waals surface area contributed by atoms with Gasteiger partial charge >= 0.3 is 0 Å². The van der Waals surface area contributed by atoms with Gasteiger partial charge in [-0.15, -0.1) is 0 Å². The van der Waals surface area contributed by atoms with Gasteiger partial charge in [0.25, 0.3) is 0 Å². The van der Waals surface area contributed by atoms with Crippen LogP contribution in [0, 0.1) is 0 Å². The van der Waals surface area contributed by atoms with Crippen molar-refractivity contribution in [3.8, 4) is 0 Å². The largest absolute Gasteiger partial charge is 0.394 e. The Morgan fingerprint density at radius 3 is 0.795 bits per heavy atom. The van der Waals surface area contributed by atoms with E-state index in [1.54, 1.807) is 0 Å². The first-order valence-electron chi connectivity index (χ1n) is 41.6. The van der Waals surface area contributed by atoms with Crippen molar-refractivity contribution in [2.24, 2.45) is 0 Å². The topological polar surface area (TPSA) is 585 Å². The molecule has 3 rings (SSSR count). The summed E-state index contributed by atoms with van der Waals surface area (Å²) in [5, 5.41) is 121. The zero-order valence-corrected chi connectivity index (χ0v) is 68.9. The van der Waals surface area contributed by atoms with E-state index >= 15 is 0 Å². The van der Waals surface area contributed by atoms with Crippen molar-refractivity contribution in [1.82, 2.24) is 58.5 Å². The fraction of sp³-hybridized carbons (Fsp3) is 0.857. The van der Waals surface area contributed by atoms with Crippen molar-refractivity contribution in [3.05, 3.63) is 0 Å². The maximum absolute atomic E-state index is 14.0. The third-order valence-electron chi connectivity index (χ3n) is 19.4. The van der Waals surface area contributed by atoms with Gasteiger partial charge in [0.05, 0.1) is 59.5 Å². The van der Waals surface area contributed by atoms with Crippen molar-refractivity contribution in [3.63, 3.8) is 0 Å². The van der Waals surface area contributed by atoms with Crippen LogP contribution in [0.5, 0.6) is 0 Å². The van der Waals surface area contributed by atoms with E-state index in [4.69, 9.17) is 42.6 Å². The Balaban J connectivity index is 1.57. The molecule has 3 saturated heterocycles. The molecule has 15 atom stereocenters. The summed E-state index contributed by atoms with van der Waals surface area (Å²) < 4.78 is 52.2. The van der Waals surface area contributed by atoms with E-state index in [1.165, 1.54) is 20.8 Å². The van der Waals surface area contributed by atoms with Gasteiger partial charge in [-0.1, -0.05) is 51.9 Å². The number of amides is 11. The lowest BCUT2D eigenvalue weighted by atomic mass is 9.97. The van der Waals surface area contributed by atoms with Gasteiger partial charge in [0.2, 0.25) is 65.0 Å². The van der Waals surface area contributed by atoms with Crippen LogP contribution in [-0.4, -0.2) is 334 Å². The average Bonchev–Trinajstić information content (AvgIpc) is 0.817. The van der Waals surface area contributed by atoms with Gasteiger partial charge < -0.3 is 147 Å². The monoisotopic (exact) mass is 1680 g/mol. The van der Waals surface area contributed by atoms with E-state index < -0.39 is 135 Å². The molecule has 0 radical (unpaired) electrons. The second-order valence-corrected chi connectivity index (χ2v) is 29.7. The highest BCUT2D eigenvalue weighted by Crippen LogP contribution is 2.26. The fourth-order valence-corrected chi connectivity index (χ4v) is 12.8. The normalized spacial score (nSPS) is 23.6. The summed E-state index contributed by atoms with van der Waals surface area (Å²) in [6.45, 7) is 5.22. The van der Waals surface area contributed by atoms with Crippen molar-refractivity contribution >= 4 is 65.0 Å². The van der Waals surface area contributed by atoms with Crippen LogP contribution in [-0.2, 0) is 95.4 Å². The molecule has 40 nitrogen and oxygen atoms in total. The van der Waals surface area contributed by atoms with Crippen molar-refractivity contribution in [1.29, 1.82) is 0 Å². The number of carbonyl (C=O) groups excluding carboxylic acids is 11. The highest BCUT2D eigenvalue weighted by atomic mass is 16.7. The van der Waals surface area contributed by atoms with Crippen LogP contribution in [0.2, 0.25) is 0 Å². The highest BCUT2D eigenvalue weighted by molar-refractivity contribution is 5.79. The average molecular weight is 1680 g/mol. The number of carbonyl (C=O) groups is 11. The van der Waals surface area contributed by atoms with E-state index in [2.05, 4.69) is 65.4 Å². The first-order valence-corrected chi connectivity index (χ1v) is 41.6. The van der Waals surface area contributed by atoms with Gasteiger partial charge in [0.1, 0.15) is 78.6 Å². The molecule has 0 saturated carbocycles. The quantitative estimate of drug-likeness (QED) is 0.0259. The third kappa shape index (κ3) is 45.6. The van der Waals surface area contributed by atoms with Crippen LogP contribution >= 0.6 is 0 Å². The van der Waals surface area contributed by atoms with E-state index in [0.29, 0.717) is 77.2 Å². The van der Waals surface area contributed by atoms with Gasteiger partial charge in [0, 0.05) is 138 Å². The molecule has 3 aliphatic rings. The molecule has 40 heteroatoms. The Morgan fingerprint density at radius 2 is 0.538 bits per heavy atom. The Morgan fingerprint density at radius 1 is 0.299 bits per heavy atom. The molecule has 3 heterocycles. The minimum absolute atomic E-state index is 0.0705. The molecule has 0 aromatic heterocycles. The van der Waals surface area contributed by atoms with Crippen LogP contribution in [0.15, 0.2) is 0 Å². The summed E-state index contributed by atoms with van der Waals surface area (Å²) in [5.74, 6) is -3.60. The minimum atomic E-state index is -1.46. The van der Waals surface area contributed by atoms with E-state index in [9.17, 15) is 98.7 Å². The lowest BCUT2D eigenvalue weighted by molar-refractivity contribution is -0.270. The molecule has 20 N–H and O–H groups in total. The predicted molar refractivity (Wildman–Crippen MR) is 419 cm³/mol. The van der Waals surface area contributed by atoms with Crippen LogP contribution in [0.3, 0.4) is 0 Å². The molecule has 0 aromatic carbocycles. The molecule has 3 aliphatic heterocycles. The third-order valence-corrected chi connectivity index (χ3v) is 19.4. The highest BCUT2D eigenvalue weighted by Gasteiger charge is 2.48. The number of aliphatic hydroxyl groups excluding tert-OH is 9. The van der Waals surface area contributed by atoms with E-state index in [0.717, 1.165) is 57.8 Å². The second kappa shape index (κ2) is 62.6. The number of nitrogens with one attached hydrogen (secondary N) is 11. The Hall–Kier alpha value is -6.55. The summed E-state index contributed by atoms with van der Waals surface area (Å²) in [5.41, 5.74) is -1.41. The Labute approximate surface area is 685 Å². The molecule has 676 valence electrons. The van der Waals surface area contributed by atoms with Crippen LogP contribution in [0.25, 0.3) is 0 Å². The van der Waals surface area contributed by atoms with Gasteiger partial charge in [0.15, 0.2) is 18.9 Å². The number of hydrogen-bond acceptors (Lipinski definition) is 29. The van der Waals surface area contributed by atoms with Crippen LogP contribution in [0.1, 0.15) is 201 Å². The predicted octanol–water partition coefficient (Wildman–Crippen LogP) is -3.86. The standard InChI is InChI=1S/C77H139N11O29/c1-5-6-32-78-57(95)24-13-11-9-7-8-10-12-14-28-64(102)88-77(48-109-42-29-61(99)82-36-21-33-79-58(96)25-15-18-39-112-74-65(85-51(2)92)71(106)68(103)54(45-89)115-74,49-110-43-30-62(100)83-37-22-34-80-59(97)26-16-19-40-113-75-66(86-52(3)93)72(107)69(104)55(46-90)116-75)50-111-44-31-63(101)84-38-23-35-81-60(98)27-17-20-41-114-76-67(87-53(4)94)73(108)70(105)56(47-91)117-76/h54-56,65-76,89-91,103-108H,5-50H2,1-4H3,(H,78,95)(H,79,96)(H,80,97)(H,81,98)(H,82,99)(H,83,100)(H,84,101)(H,85,92)(H,86,93)(H,87,94)(H,88,102). The van der Waals surface area contributed by atoms with Crippen LogP contribution in [0.4, 0.5) is 0 Å². The van der Waals surface area contributed by atoms with Gasteiger partial charge in [-0.05, 0) is 77.0 Å². The first kappa shape index (κ1) is 105. The molecule has 11 amide bonds. The van der Waals surface area contributed by atoms with E-state index in [-0.39, 0.29) is 191 Å². The summed E-state index contributed by atoms with van der Waals surface area (Å²) >= 11 is 0. The molecule has 0 bridgehead atoms. The summed E-state index contributed by atoms with van der Waals surface area (Å²) in [7, 11) is 0. The van der Waals surface area contributed by atoms with Gasteiger partial charge in [-0.2, -0.15) is 0 Å². The summed E-state index contributed by atoms with van der Waals surface area (Å²) in [6, 6.07) is -3.28. The van der Waals surface area contributed by atoms with Gasteiger partial charge in [-0.25, -0.2) is 0 Å². The molecular formula is C77H139N11O29. The van der Waals surface area contributed by atoms with Gasteiger partial charge in [-0.3, -0.25) is 52.7 Å². The Bertz CT molecular complexity index is 2600. The molecular weight excluding hydrogens is 1540 g/mol. The number of ether oxygens (including phenoxy) is 9. The molecule has 3 fully saturated rings. The zero-order valence-electron chi connectivity index (χ0n) is 68.9. The minimum Gasteiger partial charge on any atom is -0.394 e. The lowest BCUT2D eigenvalue weighted by Gasteiger charge is -2.42. The molecule has 15 unspecified atom stereocenters. The maximum Gasteiger partial charge on any atom is 0.222 e. The smallest absolute Gasteiger partial charge is 0.222 e. The molecule has 0 spiro atoms. The maximum atomic E-state index is 14.0. The first-order chi connectivity index (χ1) is 56.2. The van der Waals surface area contributed by atoms with E-state index in [1.807, 2.05) is 0 Å². The lowest BCUT2D eigenvalue weighted by Crippen LogP contribution is -2.64. The molecule has 0 aromatic rings.